The number of rotatable bonds is 3. The van der Waals surface area contributed by atoms with Crippen LogP contribution in [-0.4, -0.2) is 20.2 Å². The molecule has 0 fully saturated rings. The molecule has 0 saturated carbocycles. The molecule has 5 nitrogen and oxygen atoms in total. The lowest BCUT2D eigenvalue weighted by atomic mass is 10.1. The van der Waals surface area contributed by atoms with Gasteiger partial charge in [0.2, 0.25) is 0 Å². The normalized spacial score (nSPS) is 10.8. The Balaban J connectivity index is 1.97. The van der Waals surface area contributed by atoms with E-state index in [1.54, 1.807) is 4.68 Å². The molecule has 0 amide bonds. The van der Waals surface area contributed by atoms with E-state index in [9.17, 15) is 0 Å². The Labute approximate surface area is 130 Å². The second-order valence-electron chi connectivity index (χ2n) is 4.82. The van der Waals surface area contributed by atoms with Gasteiger partial charge >= 0.3 is 0 Å². The van der Waals surface area contributed by atoms with E-state index in [1.165, 1.54) is 0 Å². The van der Waals surface area contributed by atoms with Crippen molar-refractivity contribution in [2.45, 2.75) is 13.5 Å². The summed E-state index contributed by atoms with van der Waals surface area (Å²) < 4.78 is 2.82. The smallest absolute Gasteiger partial charge is 0.182 e. The highest BCUT2D eigenvalue weighted by atomic mass is 79.9. The zero-order valence-electron chi connectivity index (χ0n) is 11.5. The van der Waals surface area contributed by atoms with Crippen molar-refractivity contribution in [1.29, 1.82) is 0 Å². The third-order valence-corrected chi connectivity index (χ3v) is 4.11. The highest BCUT2D eigenvalue weighted by Gasteiger charge is 2.11. The van der Waals surface area contributed by atoms with Crippen molar-refractivity contribution in [1.82, 2.24) is 20.2 Å². The van der Waals surface area contributed by atoms with Crippen LogP contribution in [0.4, 0.5) is 5.69 Å². The highest BCUT2D eigenvalue weighted by molar-refractivity contribution is 9.10. The van der Waals surface area contributed by atoms with Gasteiger partial charge in [0.05, 0.1) is 6.54 Å². The average Bonchev–Trinajstić information content (AvgIpc) is 2.93. The van der Waals surface area contributed by atoms with E-state index in [-0.39, 0.29) is 0 Å². The molecule has 2 aromatic carbocycles. The summed E-state index contributed by atoms with van der Waals surface area (Å²) in [5, 5.41) is 12.0. The van der Waals surface area contributed by atoms with Gasteiger partial charge < -0.3 is 5.73 Å². The van der Waals surface area contributed by atoms with Gasteiger partial charge in [0, 0.05) is 15.7 Å². The minimum absolute atomic E-state index is 0.604. The summed E-state index contributed by atoms with van der Waals surface area (Å²) in [7, 11) is 0. The fourth-order valence-corrected chi connectivity index (χ4v) is 2.53. The first kappa shape index (κ1) is 13.8. The molecule has 0 aliphatic carbocycles. The van der Waals surface area contributed by atoms with Gasteiger partial charge in [-0.15, -0.1) is 5.10 Å². The van der Waals surface area contributed by atoms with Crippen LogP contribution in [0, 0.1) is 6.92 Å². The number of hydrogen-bond donors (Lipinski definition) is 1. The number of hydrogen-bond acceptors (Lipinski definition) is 4. The summed E-state index contributed by atoms with van der Waals surface area (Å²) in [5.41, 5.74) is 9.72. The summed E-state index contributed by atoms with van der Waals surface area (Å²) in [6, 6.07) is 13.8. The SMILES string of the molecule is Cc1cc(-c2nnnn2Cc2ccccc2Br)ccc1N. The van der Waals surface area contributed by atoms with Gasteiger partial charge in [-0.2, -0.15) is 0 Å². The van der Waals surface area contributed by atoms with Crippen LogP contribution < -0.4 is 5.73 Å². The summed E-state index contributed by atoms with van der Waals surface area (Å²) in [5.74, 6) is 0.730. The molecule has 21 heavy (non-hydrogen) atoms. The van der Waals surface area contributed by atoms with Crippen molar-refractivity contribution >= 4 is 21.6 Å². The summed E-state index contributed by atoms with van der Waals surface area (Å²) in [4.78, 5) is 0. The maximum absolute atomic E-state index is 5.86. The van der Waals surface area contributed by atoms with Crippen molar-refractivity contribution in [2.75, 3.05) is 5.73 Å². The zero-order chi connectivity index (χ0) is 14.8. The predicted molar refractivity (Wildman–Crippen MR) is 85.6 cm³/mol. The van der Waals surface area contributed by atoms with E-state index in [2.05, 4.69) is 31.5 Å². The quantitative estimate of drug-likeness (QED) is 0.742. The molecule has 0 aliphatic heterocycles. The van der Waals surface area contributed by atoms with E-state index in [4.69, 9.17) is 5.73 Å². The van der Waals surface area contributed by atoms with Crippen LogP contribution in [0.1, 0.15) is 11.1 Å². The zero-order valence-corrected chi connectivity index (χ0v) is 13.1. The van der Waals surface area contributed by atoms with Crippen LogP contribution in [0.3, 0.4) is 0 Å². The lowest BCUT2D eigenvalue weighted by Crippen LogP contribution is -2.05. The van der Waals surface area contributed by atoms with Crippen molar-refractivity contribution in [3.8, 4) is 11.4 Å². The molecule has 3 aromatic rings. The number of aryl methyl sites for hydroxylation is 1. The predicted octanol–water partition coefficient (Wildman–Crippen LogP) is 3.04. The fraction of sp³-hybridized carbons (Fsp3) is 0.133. The monoisotopic (exact) mass is 343 g/mol. The van der Waals surface area contributed by atoms with Gasteiger partial charge in [-0.25, -0.2) is 4.68 Å². The van der Waals surface area contributed by atoms with Crippen LogP contribution in [0.2, 0.25) is 0 Å². The van der Waals surface area contributed by atoms with Gasteiger partial charge in [0.1, 0.15) is 0 Å². The molecule has 1 heterocycles. The van der Waals surface area contributed by atoms with Crippen LogP contribution >= 0.6 is 15.9 Å². The van der Waals surface area contributed by atoms with Gasteiger partial charge in [0.15, 0.2) is 5.82 Å². The maximum Gasteiger partial charge on any atom is 0.182 e. The van der Waals surface area contributed by atoms with Crippen LogP contribution in [-0.2, 0) is 6.54 Å². The van der Waals surface area contributed by atoms with Crippen LogP contribution in [0.15, 0.2) is 46.9 Å². The molecule has 0 atom stereocenters. The van der Waals surface area contributed by atoms with E-state index in [0.29, 0.717) is 6.54 Å². The number of tetrazole rings is 1. The minimum Gasteiger partial charge on any atom is -0.399 e. The standard InChI is InChI=1S/C15H14BrN5/c1-10-8-11(6-7-14(10)17)15-18-19-20-21(15)9-12-4-2-3-5-13(12)16/h2-8H,9,17H2,1H3. The Morgan fingerprint density at radius 1 is 1.19 bits per heavy atom. The highest BCUT2D eigenvalue weighted by Crippen LogP contribution is 2.23. The van der Waals surface area contributed by atoms with Crippen LogP contribution in [0.5, 0.6) is 0 Å². The molecule has 0 bridgehead atoms. The number of nitrogens with two attached hydrogens (primary N) is 1. The first-order valence-electron chi connectivity index (χ1n) is 6.51. The molecule has 0 radical (unpaired) electrons. The lowest BCUT2D eigenvalue weighted by molar-refractivity contribution is 0.652. The number of halogens is 1. The third kappa shape index (κ3) is 2.80. The van der Waals surface area contributed by atoms with Gasteiger partial charge in [-0.05, 0) is 52.7 Å². The Hall–Kier alpha value is -2.21. The topological polar surface area (TPSA) is 69.6 Å². The number of aromatic nitrogens is 4. The molecule has 3 rings (SSSR count). The Morgan fingerprint density at radius 2 is 2.00 bits per heavy atom. The third-order valence-electron chi connectivity index (χ3n) is 3.34. The van der Waals surface area contributed by atoms with Crippen molar-refractivity contribution in [3.63, 3.8) is 0 Å². The molecule has 0 unspecified atom stereocenters. The molecular formula is C15H14BrN5. The van der Waals surface area contributed by atoms with E-state index < -0.39 is 0 Å². The maximum atomic E-state index is 5.86. The first-order valence-corrected chi connectivity index (χ1v) is 7.30. The second-order valence-corrected chi connectivity index (χ2v) is 5.68. The number of nitrogens with zero attached hydrogens (tertiary/aromatic N) is 4. The Kier molecular flexibility index (Phi) is 3.70. The van der Waals surface area contributed by atoms with Crippen molar-refractivity contribution < 1.29 is 0 Å². The summed E-state index contributed by atoms with van der Waals surface area (Å²) >= 11 is 3.55. The average molecular weight is 344 g/mol. The van der Waals surface area contributed by atoms with E-state index >= 15 is 0 Å². The molecule has 0 saturated heterocycles. The molecule has 0 spiro atoms. The van der Waals surface area contributed by atoms with Crippen molar-refractivity contribution in [3.05, 3.63) is 58.1 Å². The summed E-state index contributed by atoms with van der Waals surface area (Å²) in [6.07, 6.45) is 0. The summed E-state index contributed by atoms with van der Waals surface area (Å²) in [6.45, 7) is 2.58. The van der Waals surface area contributed by atoms with E-state index in [1.807, 2.05) is 49.4 Å². The van der Waals surface area contributed by atoms with E-state index in [0.717, 1.165) is 32.7 Å². The molecule has 106 valence electrons. The molecule has 0 aliphatic rings. The largest absolute Gasteiger partial charge is 0.399 e. The first-order chi connectivity index (χ1) is 10.1. The minimum atomic E-state index is 0.604. The van der Waals surface area contributed by atoms with Gasteiger partial charge in [-0.1, -0.05) is 34.1 Å². The number of nitrogen functional groups attached to an aromatic ring is 1. The molecule has 6 heteroatoms. The van der Waals surface area contributed by atoms with Gasteiger partial charge in [-0.3, -0.25) is 0 Å². The number of anilines is 1. The lowest BCUT2D eigenvalue weighted by Gasteiger charge is -2.08. The Morgan fingerprint density at radius 3 is 2.76 bits per heavy atom. The van der Waals surface area contributed by atoms with Crippen molar-refractivity contribution in [2.24, 2.45) is 0 Å². The molecule has 1 aromatic heterocycles. The second kappa shape index (κ2) is 5.65. The Bertz CT molecular complexity index is 781. The number of benzene rings is 2. The molecule has 2 N–H and O–H groups in total. The molecular weight excluding hydrogens is 330 g/mol. The van der Waals surface area contributed by atoms with Crippen LogP contribution in [0.25, 0.3) is 11.4 Å². The van der Waals surface area contributed by atoms with Gasteiger partial charge in [0.25, 0.3) is 0 Å². The fourth-order valence-electron chi connectivity index (χ4n) is 2.12.